The first-order valence-electron chi connectivity index (χ1n) is 4.38. The van der Waals surface area contributed by atoms with Crippen LogP contribution in [0.3, 0.4) is 0 Å². The summed E-state index contributed by atoms with van der Waals surface area (Å²) in [5.74, 6) is -0.459. The molecule has 4 heteroatoms. The van der Waals surface area contributed by atoms with Gasteiger partial charge in [0.25, 0.3) is 5.91 Å². The van der Waals surface area contributed by atoms with Crippen LogP contribution in [0.5, 0.6) is 0 Å². The van der Waals surface area contributed by atoms with Crippen molar-refractivity contribution < 1.29 is 9.59 Å². The van der Waals surface area contributed by atoms with Gasteiger partial charge in [0.2, 0.25) is 6.29 Å². The van der Waals surface area contributed by atoms with E-state index in [1.54, 1.807) is 18.4 Å². The van der Waals surface area contributed by atoms with Crippen molar-refractivity contribution in [3.05, 3.63) is 21.9 Å². The highest BCUT2D eigenvalue weighted by molar-refractivity contribution is 7.10. The Balaban J connectivity index is 2.45. The van der Waals surface area contributed by atoms with E-state index >= 15 is 0 Å². The van der Waals surface area contributed by atoms with Crippen LogP contribution in [0.1, 0.15) is 10.4 Å². The molecule has 0 aliphatic rings. The topological polar surface area (TPSA) is 37.4 Å². The van der Waals surface area contributed by atoms with Crippen LogP contribution in [-0.2, 0) is 16.0 Å². The van der Waals surface area contributed by atoms with E-state index in [2.05, 4.69) is 6.07 Å². The Morgan fingerprint density at radius 3 is 2.86 bits per heavy atom. The summed E-state index contributed by atoms with van der Waals surface area (Å²) in [6.07, 6.45) is 1.17. The maximum absolute atomic E-state index is 10.9. The first kappa shape index (κ1) is 10.9. The summed E-state index contributed by atoms with van der Waals surface area (Å²) in [6, 6.07) is 2.06. The minimum Gasteiger partial charge on any atom is -0.339 e. The molecule has 0 unspecified atom stereocenters. The minimum absolute atomic E-state index is 0.348. The minimum atomic E-state index is -0.459. The molecular formula is C10H13NO2S. The Bertz CT molecular complexity index is 333. The summed E-state index contributed by atoms with van der Waals surface area (Å²) in [7, 11) is 1.64. The number of carbonyl (C=O) groups excluding carboxylic acids is 2. The largest absolute Gasteiger partial charge is 0.339 e. The van der Waals surface area contributed by atoms with Crippen LogP contribution in [0, 0.1) is 6.92 Å². The molecule has 0 fully saturated rings. The van der Waals surface area contributed by atoms with Crippen LogP contribution in [0.15, 0.2) is 11.4 Å². The summed E-state index contributed by atoms with van der Waals surface area (Å²) < 4.78 is 0. The molecule has 0 aliphatic carbocycles. The molecule has 1 heterocycles. The second-order valence-corrected chi connectivity index (χ2v) is 4.16. The summed E-state index contributed by atoms with van der Waals surface area (Å²) in [5, 5.41) is 2.03. The van der Waals surface area contributed by atoms with Gasteiger partial charge in [0, 0.05) is 18.5 Å². The molecule has 1 amide bonds. The number of likely N-dealkylation sites (N-methyl/N-ethyl adjacent to an activating group) is 1. The molecule has 0 saturated heterocycles. The van der Waals surface area contributed by atoms with Crippen molar-refractivity contribution >= 4 is 23.5 Å². The lowest BCUT2D eigenvalue weighted by molar-refractivity contribution is -0.137. The number of nitrogens with zero attached hydrogens (tertiary/aromatic N) is 1. The van der Waals surface area contributed by atoms with Crippen LogP contribution in [-0.4, -0.2) is 30.7 Å². The van der Waals surface area contributed by atoms with Gasteiger partial charge in [-0.05, 0) is 30.4 Å². The molecule has 1 rings (SSSR count). The Hall–Kier alpha value is -1.16. The smallest absolute Gasteiger partial charge is 0.286 e. The second kappa shape index (κ2) is 4.91. The molecule has 0 N–H and O–H groups in total. The molecule has 1 aromatic heterocycles. The van der Waals surface area contributed by atoms with Crippen LogP contribution < -0.4 is 0 Å². The molecule has 0 aromatic carbocycles. The lowest BCUT2D eigenvalue weighted by Gasteiger charge is -2.12. The predicted molar refractivity (Wildman–Crippen MR) is 56.5 cm³/mol. The van der Waals surface area contributed by atoms with E-state index in [9.17, 15) is 9.59 Å². The highest BCUT2D eigenvalue weighted by atomic mass is 32.1. The van der Waals surface area contributed by atoms with E-state index in [-0.39, 0.29) is 0 Å². The first-order chi connectivity index (χ1) is 6.65. The molecular weight excluding hydrogens is 198 g/mol. The van der Waals surface area contributed by atoms with E-state index in [1.807, 2.05) is 12.3 Å². The predicted octanol–water partition coefficient (Wildman–Crippen LogP) is 1.26. The van der Waals surface area contributed by atoms with Crippen molar-refractivity contribution in [1.29, 1.82) is 0 Å². The van der Waals surface area contributed by atoms with Gasteiger partial charge in [-0.15, -0.1) is 11.3 Å². The first-order valence-corrected chi connectivity index (χ1v) is 5.26. The van der Waals surface area contributed by atoms with E-state index < -0.39 is 5.91 Å². The van der Waals surface area contributed by atoms with Crippen LogP contribution in [0.4, 0.5) is 0 Å². The molecule has 3 nitrogen and oxygen atoms in total. The Kier molecular flexibility index (Phi) is 3.83. The van der Waals surface area contributed by atoms with Gasteiger partial charge in [-0.25, -0.2) is 0 Å². The number of thiophene rings is 1. The van der Waals surface area contributed by atoms with E-state index in [0.717, 1.165) is 6.42 Å². The lowest BCUT2D eigenvalue weighted by Crippen LogP contribution is -2.29. The van der Waals surface area contributed by atoms with Gasteiger partial charge in [-0.2, -0.15) is 0 Å². The SMILES string of the molecule is Cc1ccsc1CCN(C)C(=O)C=O. The zero-order valence-corrected chi connectivity index (χ0v) is 9.13. The molecule has 76 valence electrons. The quantitative estimate of drug-likeness (QED) is 0.555. The average Bonchev–Trinajstić information content (AvgIpc) is 2.59. The normalized spacial score (nSPS) is 9.86. The maximum atomic E-state index is 10.9. The zero-order chi connectivity index (χ0) is 10.6. The monoisotopic (exact) mass is 211 g/mol. The van der Waals surface area contributed by atoms with Gasteiger partial charge in [-0.3, -0.25) is 9.59 Å². The fourth-order valence-electron chi connectivity index (χ4n) is 1.13. The molecule has 14 heavy (non-hydrogen) atoms. The Labute approximate surface area is 87.3 Å². The summed E-state index contributed by atoms with van der Waals surface area (Å²) in [6.45, 7) is 2.65. The van der Waals surface area contributed by atoms with Gasteiger partial charge in [0.1, 0.15) is 0 Å². The van der Waals surface area contributed by atoms with E-state index in [1.165, 1.54) is 15.3 Å². The standard InChI is InChI=1S/C10H13NO2S/c1-8-4-6-14-9(8)3-5-11(2)10(13)7-12/h4,6-7H,3,5H2,1-2H3. The van der Waals surface area contributed by atoms with Crippen molar-refractivity contribution in [3.63, 3.8) is 0 Å². The number of aldehydes is 1. The number of carbonyl (C=O) groups is 2. The van der Waals surface area contributed by atoms with Crippen molar-refractivity contribution in [1.82, 2.24) is 4.90 Å². The lowest BCUT2D eigenvalue weighted by atomic mass is 10.2. The van der Waals surface area contributed by atoms with Crippen molar-refractivity contribution in [2.45, 2.75) is 13.3 Å². The zero-order valence-electron chi connectivity index (χ0n) is 8.32. The Morgan fingerprint density at radius 2 is 2.36 bits per heavy atom. The third-order valence-corrected chi connectivity index (χ3v) is 3.20. The van der Waals surface area contributed by atoms with Gasteiger partial charge >= 0.3 is 0 Å². The van der Waals surface area contributed by atoms with E-state index in [4.69, 9.17) is 0 Å². The van der Waals surface area contributed by atoms with Gasteiger partial charge in [0.15, 0.2) is 0 Å². The number of hydrogen-bond acceptors (Lipinski definition) is 3. The van der Waals surface area contributed by atoms with E-state index in [0.29, 0.717) is 12.8 Å². The van der Waals surface area contributed by atoms with Crippen LogP contribution >= 0.6 is 11.3 Å². The highest BCUT2D eigenvalue weighted by Gasteiger charge is 2.07. The Morgan fingerprint density at radius 1 is 1.64 bits per heavy atom. The van der Waals surface area contributed by atoms with Gasteiger partial charge in [-0.1, -0.05) is 0 Å². The highest BCUT2D eigenvalue weighted by Crippen LogP contribution is 2.15. The number of rotatable bonds is 4. The maximum Gasteiger partial charge on any atom is 0.286 e. The van der Waals surface area contributed by atoms with Crippen LogP contribution in [0.2, 0.25) is 0 Å². The molecule has 0 radical (unpaired) electrons. The molecule has 0 aliphatic heterocycles. The number of aryl methyl sites for hydroxylation is 1. The third kappa shape index (κ3) is 2.67. The van der Waals surface area contributed by atoms with Crippen molar-refractivity contribution in [2.75, 3.05) is 13.6 Å². The van der Waals surface area contributed by atoms with Gasteiger partial charge < -0.3 is 4.90 Å². The van der Waals surface area contributed by atoms with Crippen LogP contribution in [0.25, 0.3) is 0 Å². The third-order valence-electron chi connectivity index (χ3n) is 2.12. The summed E-state index contributed by atoms with van der Waals surface area (Å²) in [5.41, 5.74) is 1.25. The van der Waals surface area contributed by atoms with Gasteiger partial charge in [0.05, 0.1) is 0 Å². The fraction of sp³-hybridized carbons (Fsp3) is 0.400. The molecule has 0 saturated carbocycles. The number of hydrogen-bond donors (Lipinski definition) is 0. The number of amides is 1. The molecule has 0 atom stereocenters. The second-order valence-electron chi connectivity index (χ2n) is 3.15. The molecule has 0 spiro atoms. The summed E-state index contributed by atoms with van der Waals surface area (Å²) >= 11 is 1.68. The molecule has 0 bridgehead atoms. The average molecular weight is 211 g/mol. The van der Waals surface area contributed by atoms with Crippen molar-refractivity contribution in [2.24, 2.45) is 0 Å². The fourth-order valence-corrected chi connectivity index (χ4v) is 2.03. The summed E-state index contributed by atoms with van der Waals surface area (Å²) in [4.78, 5) is 23.8. The van der Waals surface area contributed by atoms with Crippen molar-refractivity contribution in [3.8, 4) is 0 Å². The molecule has 1 aromatic rings.